The van der Waals surface area contributed by atoms with Gasteiger partial charge in [0.25, 0.3) is 11.8 Å². The molecule has 2 N–H and O–H groups in total. The highest BCUT2D eigenvalue weighted by Gasteiger charge is 2.09. The molecule has 2 aromatic carbocycles. The zero-order valence-electron chi connectivity index (χ0n) is 14.2. The number of rotatable bonds is 6. The number of hydrogen-bond donors (Lipinski definition) is 2. The van der Waals surface area contributed by atoms with E-state index in [1.807, 2.05) is 30.5 Å². The Balaban J connectivity index is 1.60. The first kappa shape index (κ1) is 17.7. The number of carbonyl (C=O) groups excluding carboxylic acids is 2. The average Bonchev–Trinajstić information content (AvgIpc) is 3.19. The third-order valence-corrected chi connectivity index (χ3v) is 4.44. The first-order valence-corrected chi connectivity index (χ1v) is 9.03. The smallest absolute Gasteiger partial charge is 0.265 e. The van der Waals surface area contributed by atoms with Crippen LogP contribution in [0.3, 0.4) is 0 Å². The summed E-state index contributed by atoms with van der Waals surface area (Å²) in [5.41, 5.74) is 1.84. The number of anilines is 2. The number of amides is 2. The highest BCUT2D eigenvalue weighted by Crippen LogP contribution is 2.18. The molecule has 1 heterocycles. The molecule has 0 bridgehead atoms. The molecule has 3 aromatic rings. The van der Waals surface area contributed by atoms with Gasteiger partial charge in [0.1, 0.15) is 5.75 Å². The standard InChI is InChI=1S/C20H18N2O3S/c1-2-25-17-11-9-16(10-12-17)21-19(23)14-5-7-15(8-6-14)22-20(24)18-4-3-13-26-18/h3-13H,2H2,1H3,(H,21,23)(H,22,24). The van der Waals surface area contributed by atoms with Gasteiger partial charge in [0.2, 0.25) is 0 Å². The van der Waals surface area contributed by atoms with Gasteiger partial charge in [-0.15, -0.1) is 11.3 Å². The molecule has 0 aliphatic carbocycles. The third kappa shape index (κ3) is 4.49. The van der Waals surface area contributed by atoms with Crippen LogP contribution in [0.1, 0.15) is 27.0 Å². The fourth-order valence-corrected chi connectivity index (χ4v) is 2.93. The van der Waals surface area contributed by atoms with Crippen molar-refractivity contribution in [1.82, 2.24) is 0 Å². The summed E-state index contributed by atoms with van der Waals surface area (Å²) >= 11 is 1.38. The van der Waals surface area contributed by atoms with Crippen LogP contribution in [0.5, 0.6) is 5.75 Å². The predicted octanol–water partition coefficient (Wildman–Crippen LogP) is 4.65. The molecule has 0 spiro atoms. The summed E-state index contributed by atoms with van der Waals surface area (Å²) in [6.45, 7) is 2.52. The molecular formula is C20H18N2O3S. The number of nitrogens with one attached hydrogen (secondary N) is 2. The molecule has 0 fully saturated rings. The van der Waals surface area contributed by atoms with Crippen LogP contribution in [0.25, 0.3) is 0 Å². The Labute approximate surface area is 155 Å². The van der Waals surface area contributed by atoms with Crippen LogP contribution < -0.4 is 15.4 Å². The third-order valence-electron chi connectivity index (χ3n) is 3.57. The van der Waals surface area contributed by atoms with Crippen LogP contribution in [0.2, 0.25) is 0 Å². The summed E-state index contributed by atoms with van der Waals surface area (Å²) in [6, 6.07) is 17.5. The highest BCUT2D eigenvalue weighted by molar-refractivity contribution is 7.12. The van der Waals surface area contributed by atoms with Crippen LogP contribution >= 0.6 is 11.3 Å². The van der Waals surface area contributed by atoms with E-state index >= 15 is 0 Å². The largest absolute Gasteiger partial charge is 0.494 e. The van der Waals surface area contributed by atoms with E-state index in [4.69, 9.17) is 4.74 Å². The molecule has 5 nitrogen and oxygen atoms in total. The second-order valence-corrected chi connectivity index (χ2v) is 6.37. The van der Waals surface area contributed by atoms with E-state index in [0.717, 1.165) is 5.75 Å². The lowest BCUT2D eigenvalue weighted by atomic mass is 10.2. The molecule has 0 aliphatic heterocycles. The van der Waals surface area contributed by atoms with E-state index in [1.54, 1.807) is 42.5 Å². The Bertz CT molecular complexity index is 872. The van der Waals surface area contributed by atoms with Crippen LogP contribution in [-0.4, -0.2) is 18.4 Å². The van der Waals surface area contributed by atoms with Crippen molar-refractivity contribution in [3.05, 3.63) is 76.5 Å². The van der Waals surface area contributed by atoms with Gasteiger partial charge in [-0.1, -0.05) is 6.07 Å². The van der Waals surface area contributed by atoms with Gasteiger partial charge in [0, 0.05) is 16.9 Å². The maximum Gasteiger partial charge on any atom is 0.265 e. The van der Waals surface area contributed by atoms with E-state index in [1.165, 1.54) is 11.3 Å². The van der Waals surface area contributed by atoms with Gasteiger partial charge in [-0.05, 0) is 66.9 Å². The molecule has 0 unspecified atom stereocenters. The monoisotopic (exact) mass is 366 g/mol. The minimum atomic E-state index is -0.217. The van der Waals surface area contributed by atoms with E-state index in [2.05, 4.69) is 10.6 Å². The topological polar surface area (TPSA) is 67.4 Å². The van der Waals surface area contributed by atoms with Crippen molar-refractivity contribution in [2.45, 2.75) is 6.92 Å². The molecule has 6 heteroatoms. The van der Waals surface area contributed by atoms with Gasteiger partial charge >= 0.3 is 0 Å². The Morgan fingerprint density at radius 3 is 2.08 bits per heavy atom. The first-order chi connectivity index (χ1) is 12.7. The normalized spacial score (nSPS) is 10.2. The van der Waals surface area contributed by atoms with Crippen molar-refractivity contribution in [3.8, 4) is 5.75 Å². The lowest BCUT2D eigenvalue weighted by molar-refractivity contribution is 0.102. The quantitative estimate of drug-likeness (QED) is 0.667. The molecule has 0 aliphatic rings. The number of hydrogen-bond acceptors (Lipinski definition) is 4. The summed E-state index contributed by atoms with van der Waals surface area (Å²) in [4.78, 5) is 25.0. The van der Waals surface area contributed by atoms with Crippen molar-refractivity contribution in [2.75, 3.05) is 17.2 Å². The number of carbonyl (C=O) groups is 2. The fourth-order valence-electron chi connectivity index (χ4n) is 2.31. The lowest BCUT2D eigenvalue weighted by Gasteiger charge is -2.08. The van der Waals surface area contributed by atoms with Crippen molar-refractivity contribution in [2.24, 2.45) is 0 Å². The van der Waals surface area contributed by atoms with Gasteiger partial charge in [0.05, 0.1) is 11.5 Å². The van der Waals surface area contributed by atoms with Crippen molar-refractivity contribution in [3.63, 3.8) is 0 Å². The molecule has 26 heavy (non-hydrogen) atoms. The highest BCUT2D eigenvalue weighted by atomic mass is 32.1. The second-order valence-electron chi connectivity index (χ2n) is 5.42. The van der Waals surface area contributed by atoms with Crippen molar-refractivity contribution < 1.29 is 14.3 Å². The van der Waals surface area contributed by atoms with E-state index < -0.39 is 0 Å². The summed E-state index contributed by atoms with van der Waals surface area (Å²) in [5, 5.41) is 7.48. The minimum absolute atomic E-state index is 0.161. The second kappa shape index (κ2) is 8.31. The lowest BCUT2D eigenvalue weighted by Crippen LogP contribution is -2.13. The van der Waals surface area contributed by atoms with E-state index in [-0.39, 0.29) is 11.8 Å². The van der Waals surface area contributed by atoms with Gasteiger partial charge in [0.15, 0.2) is 0 Å². The van der Waals surface area contributed by atoms with E-state index in [0.29, 0.717) is 28.4 Å². The summed E-state index contributed by atoms with van der Waals surface area (Å²) in [6.07, 6.45) is 0. The Morgan fingerprint density at radius 1 is 0.885 bits per heavy atom. The Hall–Kier alpha value is -3.12. The van der Waals surface area contributed by atoms with Gasteiger partial charge < -0.3 is 15.4 Å². The Kier molecular flexibility index (Phi) is 5.66. The Morgan fingerprint density at radius 2 is 1.50 bits per heavy atom. The maximum absolute atomic E-state index is 12.3. The number of benzene rings is 2. The van der Waals surface area contributed by atoms with Gasteiger partial charge in [-0.3, -0.25) is 9.59 Å². The summed E-state index contributed by atoms with van der Waals surface area (Å²) < 4.78 is 5.38. The molecular weight excluding hydrogens is 348 g/mol. The summed E-state index contributed by atoms with van der Waals surface area (Å²) in [5.74, 6) is 0.383. The molecule has 0 radical (unpaired) electrons. The number of thiophene rings is 1. The molecule has 3 rings (SSSR count). The number of ether oxygens (including phenoxy) is 1. The molecule has 0 atom stereocenters. The molecule has 2 amide bonds. The van der Waals surface area contributed by atoms with Crippen LogP contribution in [-0.2, 0) is 0 Å². The van der Waals surface area contributed by atoms with Gasteiger partial charge in [-0.25, -0.2) is 0 Å². The zero-order chi connectivity index (χ0) is 18.4. The van der Waals surface area contributed by atoms with Crippen LogP contribution in [0.15, 0.2) is 66.0 Å². The SMILES string of the molecule is CCOc1ccc(NC(=O)c2ccc(NC(=O)c3cccs3)cc2)cc1. The molecule has 0 saturated carbocycles. The maximum atomic E-state index is 12.3. The first-order valence-electron chi connectivity index (χ1n) is 8.15. The van der Waals surface area contributed by atoms with Gasteiger partial charge in [-0.2, -0.15) is 0 Å². The van der Waals surface area contributed by atoms with E-state index in [9.17, 15) is 9.59 Å². The molecule has 1 aromatic heterocycles. The zero-order valence-corrected chi connectivity index (χ0v) is 15.0. The minimum Gasteiger partial charge on any atom is -0.494 e. The molecule has 0 saturated heterocycles. The van der Waals surface area contributed by atoms with Crippen molar-refractivity contribution >= 4 is 34.5 Å². The average molecular weight is 366 g/mol. The van der Waals surface area contributed by atoms with Crippen molar-refractivity contribution in [1.29, 1.82) is 0 Å². The predicted molar refractivity (Wildman–Crippen MR) is 104 cm³/mol. The van der Waals surface area contributed by atoms with Crippen LogP contribution in [0.4, 0.5) is 11.4 Å². The molecule has 132 valence electrons. The fraction of sp³-hybridized carbons (Fsp3) is 0.100. The van der Waals surface area contributed by atoms with Crippen LogP contribution in [0, 0.1) is 0 Å². The summed E-state index contributed by atoms with van der Waals surface area (Å²) in [7, 11) is 0.